The third-order valence-electron chi connectivity index (χ3n) is 5.53. The van der Waals surface area contributed by atoms with Gasteiger partial charge in [-0.25, -0.2) is 4.79 Å². The van der Waals surface area contributed by atoms with Crippen molar-refractivity contribution in [2.24, 2.45) is 0 Å². The molecule has 1 N–H and O–H groups in total. The van der Waals surface area contributed by atoms with Crippen molar-refractivity contribution < 1.29 is 9.53 Å². The molecule has 0 unspecified atom stereocenters. The average Bonchev–Trinajstić information content (AvgIpc) is 3.31. The van der Waals surface area contributed by atoms with Crippen LogP contribution < -0.4 is 16.6 Å². The van der Waals surface area contributed by atoms with E-state index in [9.17, 15) is 14.4 Å². The smallest absolute Gasteiger partial charge is 0.352 e. The van der Waals surface area contributed by atoms with Crippen LogP contribution in [-0.2, 0) is 11.3 Å². The molecule has 1 aliphatic heterocycles. The van der Waals surface area contributed by atoms with Crippen LogP contribution in [0.2, 0.25) is 0 Å². The van der Waals surface area contributed by atoms with Gasteiger partial charge in [0.25, 0.3) is 11.5 Å². The molecular formula is C24H26N4O4. The van der Waals surface area contributed by atoms with Gasteiger partial charge in [-0.15, -0.1) is 0 Å². The van der Waals surface area contributed by atoms with Crippen molar-refractivity contribution in [3.8, 4) is 5.69 Å². The maximum Gasteiger partial charge on any atom is 0.352 e. The Balaban J connectivity index is 1.75. The Hall–Kier alpha value is -3.52. The first-order valence-electron chi connectivity index (χ1n) is 10.7. The highest BCUT2D eigenvalue weighted by molar-refractivity contribution is 5.91. The highest BCUT2D eigenvalue weighted by atomic mass is 16.5. The third-order valence-corrected chi connectivity index (χ3v) is 5.53. The normalized spacial score (nSPS) is 15.6. The van der Waals surface area contributed by atoms with Crippen molar-refractivity contribution in [1.82, 2.24) is 19.7 Å². The van der Waals surface area contributed by atoms with Crippen LogP contribution in [-0.4, -0.2) is 39.5 Å². The van der Waals surface area contributed by atoms with E-state index in [1.165, 1.54) is 0 Å². The third kappa shape index (κ3) is 4.70. The minimum absolute atomic E-state index is 0.0400. The summed E-state index contributed by atoms with van der Waals surface area (Å²) in [5.41, 5.74) is 1.70. The van der Waals surface area contributed by atoms with Crippen molar-refractivity contribution in [2.75, 3.05) is 13.2 Å². The molecular weight excluding hydrogens is 408 g/mol. The van der Waals surface area contributed by atoms with E-state index in [-0.39, 0.29) is 18.3 Å². The van der Waals surface area contributed by atoms with Crippen LogP contribution in [0.1, 0.15) is 40.0 Å². The van der Waals surface area contributed by atoms with E-state index >= 15 is 0 Å². The summed E-state index contributed by atoms with van der Waals surface area (Å²) in [4.78, 5) is 39.2. The predicted octanol–water partition coefficient (Wildman–Crippen LogP) is 1.97. The highest BCUT2D eigenvalue weighted by Crippen LogP contribution is 2.11. The molecule has 32 heavy (non-hydrogen) atoms. The molecule has 4 rings (SSSR count). The van der Waals surface area contributed by atoms with Crippen LogP contribution in [0.5, 0.6) is 0 Å². The van der Waals surface area contributed by atoms with Gasteiger partial charge in [-0.2, -0.15) is 9.78 Å². The number of aryl methyl sites for hydroxylation is 2. The lowest BCUT2D eigenvalue weighted by atomic mass is 10.1. The van der Waals surface area contributed by atoms with Crippen LogP contribution in [0.15, 0.2) is 58.1 Å². The molecule has 0 aliphatic carbocycles. The van der Waals surface area contributed by atoms with Gasteiger partial charge in [0.05, 0.1) is 18.3 Å². The summed E-state index contributed by atoms with van der Waals surface area (Å²) < 4.78 is 7.69. The van der Waals surface area contributed by atoms with Crippen LogP contribution in [0.4, 0.5) is 0 Å². The molecule has 1 fully saturated rings. The van der Waals surface area contributed by atoms with E-state index in [1.807, 2.05) is 50.2 Å². The zero-order chi connectivity index (χ0) is 22.7. The molecule has 1 aliphatic rings. The number of ether oxygens (including phenoxy) is 1. The molecule has 166 valence electrons. The van der Waals surface area contributed by atoms with Crippen LogP contribution in [0.25, 0.3) is 5.69 Å². The topological polar surface area (TPSA) is 95.2 Å². The first kappa shape index (κ1) is 21.7. The maximum absolute atomic E-state index is 13.2. The minimum Gasteiger partial charge on any atom is -0.376 e. The van der Waals surface area contributed by atoms with Crippen molar-refractivity contribution in [2.45, 2.75) is 39.3 Å². The molecule has 1 amide bonds. The SMILES string of the molecule is Cc1ccc(Cn2c(=O)c(C(=O)NC[C@H]3CCCO3)nn(-c3ccc(C)cc3)c2=O)cc1. The molecule has 0 radical (unpaired) electrons. The summed E-state index contributed by atoms with van der Waals surface area (Å²) in [7, 11) is 0. The Morgan fingerprint density at radius 1 is 1.06 bits per heavy atom. The lowest BCUT2D eigenvalue weighted by molar-refractivity contribution is 0.0849. The monoisotopic (exact) mass is 434 g/mol. The molecule has 0 saturated carbocycles. The molecule has 2 aromatic carbocycles. The Morgan fingerprint density at radius 3 is 2.34 bits per heavy atom. The van der Waals surface area contributed by atoms with E-state index in [1.54, 1.807) is 12.1 Å². The molecule has 8 heteroatoms. The predicted molar refractivity (Wildman–Crippen MR) is 120 cm³/mol. The number of nitrogens with one attached hydrogen (secondary N) is 1. The lowest BCUT2D eigenvalue weighted by Gasteiger charge is -2.14. The Kier molecular flexibility index (Phi) is 6.32. The number of carbonyl (C=O) groups excluding carboxylic acids is 1. The van der Waals surface area contributed by atoms with Gasteiger partial charge in [0, 0.05) is 13.2 Å². The second kappa shape index (κ2) is 9.32. The van der Waals surface area contributed by atoms with E-state index in [2.05, 4.69) is 10.4 Å². The van der Waals surface area contributed by atoms with Crippen LogP contribution >= 0.6 is 0 Å². The van der Waals surface area contributed by atoms with Crippen molar-refractivity contribution in [1.29, 1.82) is 0 Å². The molecule has 1 saturated heterocycles. The number of rotatable bonds is 6. The molecule has 1 atom stereocenters. The molecule has 0 spiro atoms. The van der Waals surface area contributed by atoms with Crippen molar-refractivity contribution in [3.63, 3.8) is 0 Å². The number of hydrogen-bond donors (Lipinski definition) is 1. The van der Waals surface area contributed by atoms with E-state index < -0.39 is 17.2 Å². The molecule has 2 heterocycles. The van der Waals surface area contributed by atoms with Gasteiger partial charge in [0.1, 0.15) is 0 Å². The Morgan fingerprint density at radius 2 is 1.72 bits per heavy atom. The highest BCUT2D eigenvalue weighted by Gasteiger charge is 2.22. The second-order valence-corrected chi connectivity index (χ2v) is 8.10. The summed E-state index contributed by atoms with van der Waals surface area (Å²) in [5, 5.41) is 6.88. The quantitative estimate of drug-likeness (QED) is 0.640. The fraction of sp³-hybridized carbons (Fsp3) is 0.333. The summed E-state index contributed by atoms with van der Waals surface area (Å²) >= 11 is 0. The van der Waals surface area contributed by atoms with Crippen LogP contribution in [0, 0.1) is 13.8 Å². The number of benzene rings is 2. The standard InChI is InChI=1S/C24H26N4O4/c1-16-5-9-18(10-6-16)15-27-23(30)21(22(29)25-14-20-4-3-13-32-20)26-28(24(27)31)19-11-7-17(2)8-12-19/h5-12,20H,3-4,13-15H2,1-2H3,(H,25,29)/t20-/m1/s1. The average molecular weight is 434 g/mol. The maximum atomic E-state index is 13.2. The first-order valence-corrected chi connectivity index (χ1v) is 10.7. The van der Waals surface area contributed by atoms with E-state index in [0.717, 1.165) is 38.8 Å². The summed E-state index contributed by atoms with van der Waals surface area (Å²) in [5.74, 6) is -0.621. The number of aromatic nitrogens is 3. The first-order chi connectivity index (χ1) is 15.4. The van der Waals surface area contributed by atoms with E-state index in [0.29, 0.717) is 18.8 Å². The number of nitrogens with zero attached hydrogens (tertiary/aromatic N) is 3. The van der Waals surface area contributed by atoms with Gasteiger partial charge in [-0.3, -0.25) is 14.2 Å². The Bertz CT molecular complexity index is 1220. The lowest BCUT2D eigenvalue weighted by Crippen LogP contribution is -2.46. The molecule has 0 bridgehead atoms. The summed E-state index contributed by atoms with van der Waals surface area (Å²) in [6.45, 7) is 4.89. The van der Waals surface area contributed by atoms with Crippen molar-refractivity contribution in [3.05, 3.63) is 91.8 Å². The van der Waals surface area contributed by atoms with Gasteiger partial charge < -0.3 is 10.1 Å². The van der Waals surface area contributed by atoms with Crippen LogP contribution in [0.3, 0.4) is 0 Å². The summed E-state index contributed by atoms with van der Waals surface area (Å²) in [6, 6.07) is 14.7. The second-order valence-electron chi connectivity index (χ2n) is 8.10. The van der Waals surface area contributed by atoms with Crippen molar-refractivity contribution >= 4 is 5.91 Å². The number of amides is 1. The minimum atomic E-state index is -0.719. The number of hydrogen-bond acceptors (Lipinski definition) is 5. The van der Waals surface area contributed by atoms with Gasteiger partial charge in [0.2, 0.25) is 5.69 Å². The molecule has 1 aromatic heterocycles. The molecule has 3 aromatic rings. The van der Waals surface area contributed by atoms with E-state index in [4.69, 9.17) is 4.74 Å². The Labute approximate surface area is 185 Å². The number of carbonyl (C=O) groups is 1. The molecule has 8 nitrogen and oxygen atoms in total. The fourth-order valence-electron chi connectivity index (χ4n) is 3.62. The zero-order valence-electron chi connectivity index (χ0n) is 18.2. The summed E-state index contributed by atoms with van der Waals surface area (Å²) in [6.07, 6.45) is 1.73. The zero-order valence-corrected chi connectivity index (χ0v) is 18.2. The van der Waals surface area contributed by atoms with Gasteiger partial charge in [-0.05, 0) is 44.4 Å². The van der Waals surface area contributed by atoms with Gasteiger partial charge in [-0.1, -0.05) is 47.5 Å². The van der Waals surface area contributed by atoms with Gasteiger partial charge in [0.15, 0.2) is 0 Å². The largest absolute Gasteiger partial charge is 0.376 e. The van der Waals surface area contributed by atoms with Gasteiger partial charge >= 0.3 is 5.69 Å². The fourth-order valence-corrected chi connectivity index (χ4v) is 3.62.